The van der Waals surface area contributed by atoms with Crippen molar-refractivity contribution >= 4 is 12.7 Å². The lowest BCUT2D eigenvalue weighted by atomic mass is 10.2. The van der Waals surface area contributed by atoms with Crippen LogP contribution in [-0.4, -0.2) is 0 Å². The maximum atomic E-state index is 3.91. The number of hydrogen-bond donors (Lipinski definition) is 0. The van der Waals surface area contributed by atoms with Gasteiger partial charge in [-0.1, -0.05) is 85.4 Å². The van der Waals surface area contributed by atoms with Gasteiger partial charge in [-0.2, -0.15) is 0 Å². The first-order chi connectivity index (χ1) is 7.84. The summed E-state index contributed by atoms with van der Waals surface area (Å²) in [6.07, 6.45) is 3.26. The minimum atomic E-state index is 1.08. The summed E-state index contributed by atoms with van der Waals surface area (Å²) in [6, 6.07) is 8.17. The molecule has 1 aromatic carbocycles. The maximum absolute atomic E-state index is 3.91. The molecule has 0 bridgehead atoms. The summed E-state index contributed by atoms with van der Waals surface area (Å²) in [5.74, 6) is 0. The van der Waals surface area contributed by atoms with E-state index in [4.69, 9.17) is 0 Å². The monoisotopic (exact) mass is 222 g/mol. The second-order valence-electron chi connectivity index (χ2n) is 2.31. The Kier molecular flexibility index (Phi) is 24.9. The Bertz CT molecular complexity index is 296. The van der Waals surface area contributed by atoms with Crippen molar-refractivity contribution in [3.8, 4) is 0 Å². The topological polar surface area (TPSA) is 0 Å². The van der Waals surface area contributed by atoms with Crippen LogP contribution >= 0.6 is 0 Å². The molecule has 1 aromatic rings. The van der Waals surface area contributed by atoms with Crippen LogP contribution < -0.4 is 10.4 Å². The summed E-state index contributed by atoms with van der Waals surface area (Å²) in [6.45, 7) is 18.0. The lowest BCUT2D eigenvalue weighted by molar-refractivity contribution is 1.28. The smallest absolute Gasteiger partial charge is 0.0230 e. The first-order valence-corrected chi connectivity index (χ1v) is 6.58. The Morgan fingerprint density at radius 3 is 1.75 bits per heavy atom. The highest BCUT2D eigenvalue weighted by Gasteiger charge is 1.76. The number of benzene rings is 1. The second kappa shape index (κ2) is 19.5. The summed E-state index contributed by atoms with van der Waals surface area (Å²) in [7, 11) is 0. The van der Waals surface area contributed by atoms with Gasteiger partial charge in [-0.15, -0.1) is 0 Å². The third-order valence-electron chi connectivity index (χ3n) is 1.48. The van der Waals surface area contributed by atoms with E-state index < -0.39 is 0 Å². The molecule has 1 rings (SSSR count). The van der Waals surface area contributed by atoms with Crippen molar-refractivity contribution in [2.45, 2.75) is 54.9 Å². The van der Waals surface area contributed by atoms with Gasteiger partial charge in [0.25, 0.3) is 0 Å². The van der Waals surface area contributed by atoms with E-state index in [1.54, 1.807) is 0 Å². The second-order valence-corrected chi connectivity index (χ2v) is 2.31. The highest BCUT2D eigenvalue weighted by Crippen LogP contribution is 1.75. The third kappa shape index (κ3) is 11.0. The maximum Gasteiger partial charge on any atom is -0.0230 e. The van der Waals surface area contributed by atoms with E-state index in [-0.39, 0.29) is 0 Å². The fourth-order valence-corrected chi connectivity index (χ4v) is 0.953. The van der Waals surface area contributed by atoms with Crippen molar-refractivity contribution < 1.29 is 0 Å². The minimum absolute atomic E-state index is 1.08. The van der Waals surface area contributed by atoms with Crippen molar-refractivity contribution in [3.05, 3.63) is 34.7 Å². The molecule has 0 saturated carbocycles. The van der Waals surface area contributed by atoms with Crippen molar-refractivity contribution in [1.82, 2.24) is 0 Å². The van der Waals surface area contributed by atoms with Gasteiger partial charge in [0.15, 0.2) is 0 Å². The zero-order valence-electron chi connectivity index (χ0n) is 12.3. The van der Waals surface area contributed by atoms with Crippen molar-refractivity contribution in [2.75, 3.05) is 0 Å². The lowest BCUT2D eigenvalue weighted by Crippen LogP contribution is -2.21. The van der Waals surface area contributed by atoms with Gasteiger partial charge in [0.05, 0.1) is 0 Å². The summed E-state index contributed by atoms with van der Waals surface area (Å²) in [4.78, 5) is 0. The number of hydrogen-bond acceptors (Lipinski definition) is 0. The molecule has 0 aliphatic rings. The molecule has 0 heterocycles. The molecule has 0 unspecified atom stereocenters. The predicted molar refractivity (Wildman–Crippen MR) is 80.0 cm³/mol. The molecule has 0 spiro atoms. The fourth-order valence-electron chi connectivity index (χ4n) is 0.953. The zero-order chi connectivity index (χ0) is 13.4. The standard InChI is InChI=1S/C10H12.3C2H6/c1-3-6-10-8-5-4-7-9(10)2;3*1-2/h4-8H,2-3H2,1H3;3*1-2H3/b10-6-;;;. The summed E-state index contributed by atoms with van der Waals surface area (Å²) >= 11 is 0. The van der Waals surface area contributed by atoms with Crippen LogP contribution in [-0.2, 0) is 0 Å². The first-order valence-electron chi connectivity index (χ1n) is 6.58. The summed E-state index contributed by atoms with van der Waals surface area (Å²) in [5.41, 5.74) is 0. The average Bonchev–Trinajstić information content (AvgIpc) is 2.40. The van der Waals surface area contributed by atoms with Crippen LogP contribution in [0.25, 0.3) is 12.7 Å². The van der Waals surface area contributed by atoms with E-state index in [0.29, 0.717) is 0 Å². The molecule has 0 N–H and O–H groups in total. The van der Waals surface area contributed by atoms with E-state index in [0.717, 1.165) is 11.6 Å². The van der Waals surface area contributed by atoms with Crippen LogP contribution in [0.3, 0.4) is 0 Å². The predicted octanol–water partition coefficient (Wildman–Crippen LogP) is 4.37. The van der Waals surface area contributed by atoms with Gasteiger partial charge in [-0.25, -0.2) is 0 Å². The molecule has 0 aliphatic heterocycles. The molecule has 0 aliphatic carbocycles. The third-order valence-corrected chi connectivity index (χ3v) is 1.48. The SMILES string of the molecule is C=c1cccc/c1=C/CC.CC.CC.CC. The van der Waals surface area contributed by atoms with Gasteiger partial charge < -0.3 is 0 Å². The molecular formula is C16H30. The van der Waals surface area contributed by atoms with Gasteiger partial charge in [-0.3, -0.25) is 0 Å². The molecule has 0 aromatic heterocycles. The Hall–Kier alpha value is -1.04. The van der Waals surface area contributed by atoms with E-state index in [9.17, 15) is 0 Å². The van der Waals surface area contributed by atoms with E-state index in [1.165, 1.54) is 5.22 Å². The minimum Gasteiger partial charge on any atom is -0.0912 e. The molecule has 0 radical (unpaired) electrons. The summed E-state index contributed by atoms with van der Waals surface area (Å²) in [5, 5.41) is 2.37. The van der Waals surface area contributed by atoms with E-state index in [1.807, 2.05) is 59.7 Å². The molecule has 16 heavy (non-hydrogen) atoms. The normalized spacial score (nSPS) is 8.56. The number of rotatable bonds is 1. The molecule has 0 atom stereocenters. The van der Waals surface area contributed by atoms with Crippen molar-refractivity contribution in [3.63, 3.8) is 0 Å². The van der Waals surface area contributed by atoms with E-state index >= 15 is 0 Å². The van der Waals surface area contributed by atoms with Crippen LogP contribution in [0.4, 0.5) is 0 Å². The van der Waals surface area contributed by atoms with Gasteiger partial charge in [0.2, 0.25) is 0 Å². The van der Waals surface area contributed by atoms with E-state index in [2.05, 4.69) is 25.6 Å². The van der Waals surface area contributed by atoms with Crippen LogP contribution in [0.5, 0.6) is 0 Å². The van der Waals surface area contributed by atoms with Gasteiger partial charge in [-0.05, 0) is 16.9 Å². The zero-order valence-corrected chi connectivity index (χ0v) is 12.3. The quantitative estimate of drug-likeness (QED) is 0.662. The van der Waals surface area contributed by atoms with Crippen molar-refractivity contribution in [1.29, 1.82) is 0 Å². The Balaban J connectivity index is -0.000000245. The highest BCUT2D eigenvalue weighted by molar-refractivity contribution is 5.25. The van der Waals surface area contributed by atoms with Crippen LogP contribution in [0, 0.1) is 0 Å². The average molecular weight is 222 g/mol. The molecule has 94 valence electrons. The Morgan fingerprint density at radius 1 is 0.938 bits per heavy atom. The van der Waals surface area contributed by atoms with Crippen LogP contribution in [0.2, 0.25) is 0 Å². The van der Waals surface area contributed by atoms with Gasteiger partial charge >= 0.3 is 0 Å². The van der Waals surface area contributed by atoms with Gasteiger partial charge in [0, 0.05) is 0 Å². The Labute approximate surface area is 103 Å². The lowest BCUT2D eigenvalue weighted by Gasteiger charge is -1.85. The van der Waals surface area contributed by atoms with Crippen molar-refractivity contribution in [2.24, 2.45) is 0 Å². The Morgan fingerprint density at radius 2 is 1.38 bits per heavy atom. The summed E-state index contributed by atoms with van der Waals surface area (Å²) < 4.78 is 0. The molecule has 0 heteroatoms. The van der Waals surface area contributed by atoms with Crippen LogP contribution in [0.15, 0.2) is 24.3 Å². The molecule has 0 saturated heterocycles. The van der Waals surface area contributed by atoms with Crippen LogP contribution in [0.1, 0.15) is 54.9 Å². The molecule has 0 amide bonds. The first kappa shape index (κ1) is 20.4. The van der Waals surface area contributed by atoms with Gasteiger partial charge in [0.1, 0.15) is 0 Å². The molecular weight excluding hydrogens is 192 g/mol. The highest BCUT2D eigenvalue weighted by atomic mass is 13.8. The largest absolute Gasteiger partial charge is 0.0912 e. The fraction of sp³-hybridized carbons (Fsp3) is 0.500. The molecule has 0 nitrogen and oxygen atoms in total. The molecule has 0 fully saturated rings.